The van der Waals surface area contributed by atoms with Gasteiger partial charge in [-0.2, -0.15) is 0 Å². The minimum atomic E-state index is -0.643. The summed E-state index contributed by atoms with van der Waals surface area (Å²) in [5.41, 5.74) is 2.29. The summed E-state index contributed by atoms with van der Waals surface area (Å²) in [4.78, 5) is 28.8. The number of fused-ring (bicyclic) bond motifs is 2. The number of carbonyl (C=O) groups is 1. The number of anilines is 1. The molecule has 2 aromatic heterocycles. The number of benzene rings is 2. The molecule has 0 radical (unpaired) electrons. The average molecular weight is 510 g/mol. The maximum absolute atomic E-state index is 13.6. The van der Waals surface area contributed by atoms with Gasteiger partial charge < -0.3 is 4.42 Å². The number of halogens is 1. The van der Waals surface area contributed by atoms with Crippen LogP contribution >= 0.6 is 27.3 Å². The number of hydrogen-bond acceptors (Lipinski definition) is 6. The van der Waals surface area contributed by atoms with Crippen LogP contribution in [0.3, 0.4) is 0 Å². The Bertz CT molecular complexity index is 1430. The molecule has 2 aromatic carbocycles. The summed E-state index contributed by atoms with van der Waals surface area (Å²) in [6.45, 7) is 6.14. The first-order valence-electron chi connectivity index (χ1n) is 10.3. The lowest BCUT2D eigenvalue weighted by molar-refractivity contribution is 0.0970. The van der Waals surface area contributed by atoms with Crippen LogP contribution in [0.5, 0.6) is 0 Å². The molecule has 3 heterocycles. The van der Waals surface area contributed by atoms with E-state index in [0.717, 1.165) is 27.0 Å². The number of hydrogen-bond donors (Lipinski definition) is 0. The zero-order valence-corrected chi connectivity index (χ0v) is 20.2. The van der Waals surface area contributed by atoms with E-state index < -0.39 is 6.04 Å². The molecule has 8 heteroatoms. The Morgan fingerprint density at radius 3 is 2.72 bits per heavy atom. The normalized spacial score (nSPS) is 15.7. The van der Waals surface area contributed by atoms with E-state index in [1.165, 1.54) is 11.3 Å². The molecular formula is C24H20BrN3O3S. The first-order valence-corrected chi connectivity index (χ1v) is 11.9. The lowest BCUT2D eigenvalue weighted by Crippen LogP contribution is -2.29. The smallest absolute Gasteiger partial charge is 0.297 e. The van der Waals surface area contributed by atoms with Gasteiger partial charge in [-0.15, -0.1) is 10.2 Å². The lowest BCUT2D eigenvalue weighted by atomic mass is 9.98. The number of aromatic nitrogens is 2. The Hall–Kier alpha value is -2.84. The third-order valence-electron chi connectivity index (χ3n) is 5.44. The second-order valence-electron chi connectivity index (χ2n) is 8.38. The molecule has 1 amide bonds. The SMILES string of the molecule is Cc1ccc2oc3c(c(=O)c2c1)C(c1cccc(Br)c1)N(c1nnc(CC(C)C)s1)C3=O. The van der Waals surface area contributed by atoms with Gasteiger partial charge in [-0.3, -0.25) is 14.5 Å². The molecule has 0 fully saturated rings. The molecule has 6 nitrogen and oxygen atoms in total. The van der Waals surface area contributed by atoms with Crippen molar-refractivity contribution in [2.24, 2.45) is 5.92 Å². The number of aryl methyl sites for hydroxylation is 1. The predicted octanol–water partition coefficient (Wildman–Crippen LogP) is 5.66. The summed E-state index contributed by atoms with van der Waals surface area (Å²) >= 11 is 4.88. The highest BCUT2D eigenvalue weighted by Crippen LogP contribution is 2.42. The molecule has 0 N–H and O–H groups in total. The molecule has 5 rings (SSSR count). The van der Waals surface area contributed by atoms with Crippen molar-refractivity contribution in [3.63, 3.8) is 0 Å². The maximum atomic E-state index is 13.6. The van der Waals surface area contributed by atoms with E-state index in [4.69, 9.17) is 4.42 Å². The summed E-state index contributed by atoms with van der Waals surface area (Å²) in [7, 11) is 0. The van der Waals surface area contributed by atoms with Crippen molar-refractivity contribution in [2.75, 3.05) is 4.90 Å². The van der Waals surface area contributed by atoms with Crippen molar-refractivity contribution in [1.82, 2.24) is 10.2 Å². The average Bonchev–Trinajstić information content (AvgIpc) is 3.30. The number of rotatable bonds is 4. The molecule has 0 saturated heterocycles. The molecule has 1 aliphatic rings. The van der Waals surface area contributed by atoms with Crippen LogP contribution in [0, 0.1) is 12.8 Å². The molecule has 0 saturated carbocycles. The Kier molecular flexibility index (Phi) is 5.22. The molecule has 0 spiro atoms. The molecule has 1 atom stereocenters. The molecular weight excluding hydrogens is 490 g/mol. The van der Waals surface area contributed by atoms with Crippen molar-refractivity contribution in [3.8, 4) is 0 Å². The fourth-order valence-electron chi connectivity index (χ4n) is 4.05. The molecule has 0 aliphatic carbocycles. The fourth-order valence-corrected chi connectivity index (χ4v) is 5.54. The summed E-state index contributed by atoms with van der Waals surface area (Å²) in [6, 6.07) is 12.4. The number of carbonyl (C=O) groups excluding carboxylic acids is 1. The zero-order chi connectivity index (χ0) is 22.6. The minimum absolute atomic E-state index is 0.0666. The predicted molar refractivity (Wildman–Crippen MR) is 128 cm³/mol. The highest BCUT2D eigenvalue weighted by molar-refractivity contribution is 9.10. The summed E-state index contributed by atoms with van der Waals surface area (Å²) in [6.07, 6.45) is 0.772. The fraction of sp³-hybridized carbons (Fsp3) is 0.250. The molecule has 32 heavy (non-hydrogen) atoms. The van der Waals surface area contributed by atoms with Crippen LogP contribution in [0.2, 0.25) is 0 Å². The van der Waals surface area contributed by atoms with Crippen LogP contribution in [0.1, 0.15) is 52.1 Å². The highest BCUT2D eigenvalue weighted by atomic mass is 79.9. The monoisotopic (exact) mass is 509 g/mol. The van der Waals surface area contributed by atoms with E-state index in [1.54, 1.807) is 17.0 Å². The van der Waals surface area contributed by atoms with Gasteiger partial charge in [-0.05, 0) is 42.7 Å². The van der Waals surface area contributed by atoms with Crippen LogP contribution in [0.4, 0.5) is 5.13 Å². The van der Waals surface area contributed by atoms with E-state index >= 15 is 0 Å². The molecule has 162 valence electrons. The van der Waals surface area contributed by atoms with Gasteiger partial charge in [0, 0.05) is 10.9 Å². The Morgan fingerprint density at radius 2 is 1.97 bits per heavy atom. The largest absolute Gasteiger partial charge is 0.450 e. The van der Waals surface area contributed by atoms with Crippen LogP contribution in [-0.4, -0.2) is 16.1 Å². The van der Waals surface area contributed by atoms with Crippen molar-refractivity contribution in [2.45, 2.75) is 33.2 Å². The standard InChI is InChI=1S/C24H20BrN3O3S/c1-12(2)9-18-26-27-24(32-18)28-20(14-5-4-6-15(25)11-14)19-21(29)16-10-13(3)7-8-17(16)31-22(19)23(28)30/h4-8,10-12,20H,9H2,1-3H3. The topological polar surface area (TPSA) is 76.3 Å². The lowest BCUT2D eigenvalue weighted by Gasteiger charge is -2.22. The second kappa shape index (κ2) is 7.94. The van der Waals surface area contributed by atoms with Gasteiger partial charge in [0.15, 0.2) is 5.43 Å². The van der Waals surface area contributed by atoms with Crippen molar-refractivity contribution < 1.29 is 9.21 Å². The van der Waals surface area contributed by atoms with E-state index in [9.17, 15) is 9.59 Å². The van der Waals surface area contributed by atoms with Crippen LogP contribution in [-0.2, 0) is 6.42 Å². The summed E-state index contributed by atoms with van der Waals surface area (Å²) < 4.78 is 6.87. The quantitative estimate of drug-likeness (QED) is 0.354. The molecule has 4 aromatic rings. The van der Waals surface area contributed by atoms with Gasteiger partial charge in [-0.25, -0.2) is 0 Å². The van der Waals surface area contributed by atoms with Crippen LogP contribution < -0.4 is 10.3 Å². The maximum Gasteiger partial charge on any atom is 0.297 e. The van der Waals surface area contributed by atoms with E-state index in [2.05, 4.69) is 40.0 Å². The van der Waals surface area contributed by atoms with Gasteiger partial charge in [0.25, 0.3) is 5.91 Å². The minimum Gasteiger partial charge on any atom is -0.450 e. The van der Waals surface area contributed by atoms with Crippen molar-refractivity contribution in [1.29, 1.82) is 0 Å². The molecule has 1 unspecified atom stereocenters. The van der Waals surface area contributed by atoms with Crippen LogP contribution in [0.15, 0.2) is 56.1 Å². The third-order valence-corrected chi connectivity index (χ3v) is 6.87. The second-order valence-corrected chi connectivity index (χ2v) is 10.3. The Morgan fingerprint density at radius 1 is 1.16 bits per heavy atom. The number of nitrogens with zero attached hydrogens (tertiary/aromatic N) is 3. The number of amides is 1. The molecule has 0 bridgehead atoms. The van der Waals surface area contributed by atoms with Gasteiger partial charge in [0.2, 0.25) is 10.9 Å². The van der Waals surface area contributed by atoms with Crippen molar-refractivity contribution in [3.05, 3.63) is 84.6 Å². The molecule has 1 aliphatic heterocycles. The first kappa shape index (κ1) is 21.0. The van der Waals surface area contributed by atoms with Gasteiger partial charge in [-0.1, -0.05) is 64.9 Å². The van der Waals surface area contributed by atoms with Gasteiger partial charge >= 0.3 is 0 Å². The van der Waals surface area contributed by atoms with E-state index in [1.807, 2.05) is 37.3 Å². The Balaban J connectivity index is 1.75. The van der Waals surface area contributed by atoms with Gasteiger partial charge in [0.05, 0.1) is 17.0 Å². The van der Waals surface area contributed by atoms with E-state index in [-0.39, 0.29) is 17.1 Å². The van der Waals surface area contributed by atoms with Crippen LogP contribution in [0.25, 0.3) is 11.0 Å². The zero-order valence-electron chi connectivity index (χ0n) is 17.8. The highest BCUT2D eigenvalue weighted by Gasteiger charge is 2.45. The van der Waals surface area contributed by atoms with Crippen molar-refractivity contribution >= 4 is 49.3 Å². The Labute approximate surface area is 197 Å². The summed E-state index contributed by atoms with van der Waals surface area (Å²) in [5.74, 6) is 0.105. The van der Waals surface area contributed by atoms with E-state index in [0.29, 0.717) is 27.6 Å². The third kappa shape index (κ3) is 3.47. The van der Waals surface area contributed by atoms with Gasteiger partial charge in [0.1, 0.15) is 10.6 Å². The first-order chi connectivity index (χ1) is 15.3. The summed E-state index contributed by atoms with van der Waals surface area (Å²) in [5, 5.41) is 10.4.